The molecule has 0 aromatic carbocycles. The Morgan fingerprint density at radius 2 is 2.53 bits per heavy atom. The standard InChI is InChI=1S/C10H12N2O4S/c1-2-12-6(13)5-16-8(10(14)15)7(12)9-11-3-4-17-9/h3-4,7-8H,2,5H2,1H3,(H,14,15). The smallest absolute Gasteiger partial charge is 0.335 e. The minimum absolute atomic E-state index is 0.188. The maximum Gasteiger partial charge on any atom is 0.335 e. The minimum atomic E-state index is -1.07. The lowest BCUT2D eigenvalue weighted by Gasteiger charge is -2.37. The third-order valence-corrected chi connectivity index (χ3v) is 3.46. The summed E-state index contributed by atoms with van der Waals surface area (Å²) in [5, 5.41) is 11.5. The van der Waals surface area contributed by atoms with Crippen LogP contribution in [0.1, 0.15) is 18.0 Å². The van der Waals surface area contributed by atoms with Crippen LogP contribution in [-0.2, 0) is 14.3 Å². The number of hydrogen-bond acceptors (Lipinski definition) is 5. The zero-order valence-electron chi connectivity index (χ0n) is 9.20. The van der Waals surface area contributed by atoms with Crippen LogP contribution < -0.4 is 0 Å². The van der Waals surface area contributed by atoms with E-state index in [1.54, 1.807) is 11.6 Å². The molecular weight excluding hydrogens is 244 g/mol. The SMILES string of the molecule is CCN1C(=O)COC(C(=O)O)C1c1nccs1. The molecule has 1 aliphatic rings. The Bertz CT molecular complexity index is 418. The van der Waals surface area contributed by atoms with Crippen LogP contribution in [0.25, 0.3) is 0 Å². The Labute approximate surface area is 102 Å². The maximum absolute atomic E-state index is 11.7. The van der Waals surface area contributed by atoms with E-state index in [4.69, 9.17) is 9.84 Å². The number of aromatic nitrogens is 1. The van der Waals surface area contributed by atoms with Crippen LogP contribution in [-0.4, -0.2) is 46.1 Å². The van der Waals surface area contributed by atoms with Crippen molar-refractivity contribution < 1.29 is 19.4 Å². The normalized spacial score (nSPS) is 25.0. The highest BCUT2D eigenvalue weighted by atomic mass is 32.1. The zero-order valence-corrected chi connectivity index (χ0v) is 10.0. The van der Waals surface area contributed by atoms with E-state index in [1.165, 1.54) is 16.2 Å². The van der Waals surface area contributed by atoms with E-state index < -0.39 is 18.1 Å². The fourth-order valence-corrected chi connectivity index (χ4v) is 2.65. The van der Waals surface area contributed by atoms with Crippen LogP contribution in [0.4, 0.5) is 0 Å². The molecule has 2 rings (SSSR count). The van der Waals surface area contributed by atoms with Crippen molar-refractivity contribution >= 4 is 23.2 Å². The van der Waals surface area contributed by atoms with Crippen molar-refractivity contribution in [1.82, 2.24) is 9.88 Å². The second-order valence-electron chi connectivity index (χ2n) is 3.56. The van der Waals surface area contributed by atoms with E-state index in [0.29, 0.717) is 11.6 Å². The van der Waals surface area contributed by atoms with Crippen LogP contribution in [0.3, 0.4) is 0 Å². The third-order valence-electron chi connectivity index (χ3n) is 2.62. The lowest BCUT2D eigenvalue weighted by molar-refractivity contribution is -0.172. The Balaban J connectivity index is 2.36. The Morgan fingerprint density at radius 1 is 1.76 bits per heavy atom. The first kappa shape index (κ1) is 12.0. The minimum Gasteiger partial charge on any atom is -0.479 e. The van der Waals surface area contributed by atoms with Crippen molar-refractivity contribution in [1.29, 1.82) is 0 Å². The number of morpholine rings is 1. The van der Waals surface area contributed by atoms with Gasteiger partial charge in [-0.05, 0) is 6.92 Å². The molecule has 1 saturated heterocycles. The maximum atomic E-state index is 11.7. The molecule has 1 aliphatic heterocycles. The summed E-state index contributed by atoms with van der Waals surface area (Å²) in [6, 6.07) is -0.626. The van der Waals surface area contributed by atoms with E-state index in [2.05, 4.69) is 4.98 Å². The summed E-state index contributed by atoms with van der Waals surface area (Å²) in [7, 11) is 0. The van der Waals surface area contributed by atoms with Gasteiger partial charge in [-0.2, -0.15) is 0 Å². The van der Waals surface area contributed by atoms with Crippen molar-refractivity contribution in [2.45, 2.75) is 19.1 Å². The molecule has 6 nitrogen and oxygen atoms in total. The lowest BCUT2D eigenvalue weighted by Crippen LogP contribution is -2.51. The molecule has 0 saturated carbocycles. The number of carboxylic acid groups (broad SMARTS) is 1. The van der Waals surface area contributed by atoms with Crippen molar-refractivity contribution in [3.8, 4) is 0 Å². The number of ether oxygens (including phenoxy) is 1. The van der Waals surface area contributed by atoms with Gasteiger partial charge >= 0.3 is 5.97 Å². The molecule has 1 aromatic heterocycles. The van der Waals surface area contributed by atoms with Crippen LogP contribution >= 0.6 is 11.3 Å². The highest BCUT2D eigenvalue weighted by Gasteiger charge is 2.42. The van der Waals surface area contributed by atoms with E-state index >= 15 is 0 Å². The summed E-state index contributed by atoms with van der Waals surface area (Å²) in [6.45, 7) is 2.06. The molecule has 2 unspecified atom stereocenters. The molecule has 17 heavy (non-hydrogen) atoms. The molecule has 1 aromatic rings. The Hall–Kier alpha value is -1.47. The molecule has 0 bridgehead atoms. The van der Waals surface area contributed by atoms with E-state index in [-0.39, 0.29) is 12.5 Å². The molecule has 0 spiro atoms. The third kappa shape index (κ3) is 2.16. The van der Waals surface area contributed by atoms with Crippen molar-refractivity contribution in [3.63, 3.8) is 0 Å². The molecule has 1 N–H and O–H groups in total. The van der Waals surface area contributed by atoms with Gasteiger partial charge in [0.05, 0.1) is 0 Å². The average Bonchev–Trinajstić information content (AvgIpc) is 2.81. The van der Waals surface area contributed by atoms with Gasteiger partial charge in [0, 0.05) is 18.1 Å². The number of thiazole rings is 1. The lowest BCUT2D eigenvalue weighted by atomic mass is 10.1. The van der Waals surface area contributed by atoms with Crippen LogP contribution in [0.5, 0.6) is 0 Å². The zero-order chi connectivity index (χ0) is 12.4. The van der Waals surface area contributed by atoms with Gasteiger partial charge in [-0.3, -0.25) is 4.79 Å². The second kappa shape index (κ2) is 4.80. The highest BCUT2D eigenvalue weighted by molar-refractivity contribution is 7.09. The number of aliphatic carboxylic acids is 1. The average molecular weight is 256 g/mol. The summed E-state index contributed by atoms with van der Waals surface area (Å²) >= 11 is 1.32. The number of hydrogen-bond donors (Lipinski definition) is 1. The van der Waals surface area contributed by atoms with Gasteiger partial charge in [0.1, 0.15) is 17.7 Å². The summed E-state index contributed by atoms with van der Waals surface area (Å²) in [6.07, 6.45) is 0.546. The summed E-state index contributed by atoms with van der Waals surface area (Å²) < 4.78 is 5.10. The topological polar surface area (TPSA) is 79.7 Å². The first-order valence-corrected chi connectivity index (χ1v) is 6.06. The fourth-order valence-electron chi connectivity index (χ4n) is 1.88. The Kier molecular flexibility index (Phi) is 3.39. The summed E-state index contributed by atoms with van der Waals surface area (Å²) in [5.41, 5.74) is 0. The number of carbonyl (C=O) groups excluding carboxylic acids is 1. The van der Waals surface area contributed by atoms with Gasteiger partial charge in [0.2, 0.25) is 5.91 Å². The monoisotopic (exact) mass is 256 g/mol. The van der Waals surface area contributed by atoms with Crippen molar-refractivity contribution in [3.05, 3.63) is 16.6 Å². The summed E-state index contributed by atoms with van der Waals surface area (Å²) in [5.74, 6) is -1.28. The van der Waals surface area contributed by atoms with Gasteiger partial charge in [-0.15, -0.1) is 11.3 Å². The number of carbonyl (C=O) groups is 2. The largest absolute Gasteiger partial charge is 0.479 e. The van der Waals surface area contributed by atoms with Crippen LogP contribution in [0.2, 0.25) is 0 Å². The predicted octanol–water partition coefficient (Wildman–Crippen LogP) is 0.516. The highest BCUT2D eigenvalue weighted by Crippen LogP contribution is 2.31. The molecule has 0 radical (unpaired) electrons. The molecule has 0 aliphatic carbocycles. The van der Waals surface area contributed by atoms with Crippen molar-refractivity contribution in [2.24, 2.45) is 0 Å². The molecule has 2 atom stereocenters. The first-order chi connectivity index (χ1) is 8.15. The quantitative estimate of drug-likeness (QED) is 0.852. The number of nitrogens with zero attached hydrogens (tertiary/aromatic N) is 2. The van der Waals surface area contributed by atoms with Crippen LogP contribution in [0, 0.1) is 0 Å². The van der Waals surface area contributed by atoms with Gasteiger partial charge < -0.3 is 14.7 Å². The molecule has 92 valence electrons. The molecule has 2 heterocycles. The number of amides is 1. The van der Waals surface area contributed by atoms with Gasteiger partial charge in [-0.1, -0.05) is 0 Å². The first-order valence-electron chi connectivity index (χ1n) is 5.18. The summed E-state index contributed by atoms with van der Waals surface area (Å²) in [4.78, 5) is 28.4. The van der Waals surface area contributed by atoms with E-state index in [1.807, 2.05) is 6.92 Å². The number of carboxylic acids is 1. The van der Waals surface area contributed by atoms with Crippen LogP contribution in [0.15, 0.2) is 11.6 Å². The number of likely N-dealkylation sites (N-methyl/N-ethyl adjacent to an activating group) is 1. The predicted molar refractivity (Wildman–Crippen MR) is 59.6 cm³/mol. The molecular formula is C10H12N2O4S. The Morgan fingerprint density at radius 3 is 3.06 bits per heavy atom. The van der Waals surface area contributed by atoms with Gasteiger partial charge in [-0.25, -0.2) is 9.78 Å². The molecule has 1 amide bonds. The second-order valence-corrected chi connectivity index (χ2v) is 4.49. The molecule has 1 fully saturated rings. The van der Waals surface area contributed by atoms with E-state index in [9.17, 15) is 9.59 Å². The van der Waals surface area contributed by atoms with Crippen molar-refractivity contribution in [2.75, 3.05) is 13.2 Å². The van der Waals surface area contributed by atoms with Gasteiger partial charge in [0.15, 0.2) is 6.10 Å². The fraction of sp³-hybridized carbons (Fsp3) is 0.500. The molecule has 7 heteroatoms. The number of rotatable bonds is 3. The van der Waals surface area contributed by atoms with E-state index in [0.717, 1.165) is 0 Å². The van der Waals surface area contributed by atoms with Gasteiger partial charge in [0.25, 0.3) is 0 Å².